The van der Waals surface area contributed by atoms with Gasteiger partial charge >= 0.3 is 0 Å². The molecule has 0 radical (unpaired) electrons. The Labute approximate surface area is 163 Å². The summed E-state index contributed by atoms with van der Waals surface area (Å²) in [4.78, 5) is 12.5. The largest absolute Gasteiger partial charge is 0.497 e. The molecule has 0 spiro atoms. The lowest BCUT2D eigenvalue weighted by Gasteiger charge is -2.15. The highest BCUT2D eigenvalue weighted by atomic mass is 16.5. The van der Waals surface area contributed by atoms with Crippen LogP contribution in [-0.4, -0.2) is 11.7 Å². The van der Waals surface area contributed by atoms with E-state index in [1.165, 1.54) is 0 Å². The van der Waals surface area contributed by atoms with Crippen LogP contribution in [0.5, 0.6) is 17.2 Å². The van der Waals surface area contributed by atoms with Crippen molar-refractivity contribution in [3.05, 3.63) is 88.8 Å². The maximum atomic E-state index is 12.5. The monoisotopic (exact) mass is 371 g/mol. The van der Waals surface area contributed by atoms with Gasteiger partial charge in [-0.05, 0) is 54.8 Å². The van der Waals surface area contributed by atoms with E-state index in [4.69, 9.17) is 9.47 Å². The maximum Gasteiger partial charge on any atom is 0.258 e. The molecule has 1 heterocycles. The molecule has 0 aliphatic carbocycles. The summed E-state index contributed by atoms with van der Waals surface area (Å²) >= 11 is 0. The predicted molar refractivity (Wildman–Crippen MR) is 112 cm³/mol. The molecular weight excluding hydrogens is 350 g/mol. The van der Waals surface area contributed by atoms with Crippen LogP contribution in [0.1, 0.15) is 5.56 Å². The highest BCUT2D eigenvalue weighted by molar-refractivity contribution is 5.97. The summed E-state index contributed by atoms with van der Waals surface area (Å²) in [6.07, 6.45) is 1.88. The first-order valence-electron chi connectivity index (χ1n) is 9.08. The van der Waals surface area contributed by atoms with Crippen LogP contribution in [0, 0.1) is 6.92 Å². The number of rotatable bonds is 4. The van der Waals surface area contributed by atoms with Crippen molar-refractivity contribution in [2.24, 2.45) is 7.05 Å². The van der Waals surface area contributed by atoms with Gasteiger partial charge in [0.15, 0.2) is 0 Å². The van der Waals surface area contributed by atoms with Gasteiger partial charge < -0.3 is 14.0 Å². The zero-order valence-corrected chi connectivity index (χ0v) is 16.1. The second-order valence-corrected chi connectivity index (χ2v) is 6.78. The fourth-order valence-corrected chi connectivity index (χ4v) is 3.34. The van der Waals surface area contributed by atoms with Crippen molar-refractivity contribution in [2.75, 3.05) is 7.11 Å². The fraction of sp³-hybridized carbons (Fsp3) is 0.125. The highest BCUT2D eigenvalue weighted by Gasteiger charge is 2.14. The number of fused-ring (bicyclic) bond motifs is 1. The summed E-state index contributed by atoms with van der Waals surface area (Å²) in [5.41, 5.74) is 3.02. The Morgan fingerprint density at radius 3 is 2.21 bits per heavy atom. The van der Waals surface area contributed by atoms with Crippen molar-refractivity contribution in [3.8, 4) is 28.4 Å². The van der Waals surface area contributed by atoms with E-state index in [0.29, 0.717) is 5.39 Å². The first kappa shape index (κ1) is 17.9. The predicted octanol–water partition coefficient (Wildman–Crippen LogP) is 5.31. The zero-order chi connectivity index (χ0) is 19.7. The summed E-state index contributed by atoms with van der Waals surface area (Å²) < 4.78 is 13.0. The third kappa shape index (κ3) is 3.25. The Morgan fingerprint density at radius 1 is 0.821 bits per heavy atom. The Balaban J connectivity index is 1.89. The number of aryl methyl sites for hydroxylation is 2. The van der Waals surface area contributed by atoms with Crippen LogP contribution in [0.3, 0.4) is 0 Å². The first-order chi connectivity index (χ1) is 13.6. The van der Waals surface area contributed by atoms with E-state index >= 15 is 0 Å². The lowest BCUT2D eigenvalue weighted by molar-refractivity contribution is 0.413. The smallest absolute Gasteiger partial charge is 0.258 e. The highest BCUT2D eigenvalue weighted by Crippen LogP contribution is 2.37. The number of methoxy groups -OCH3 is 1. The van der Waals surface area contributed by atoms with E-state index in [2.05, 4.69) is 6.07 Å². The second kappa shape index (κ2) is 7.24. The number of hydrogen-bond donors (Lipinski definition) is 0. The third-order valence-electron chi connectivity index (χ3n) is 4.80. The van der Waals surface area contributed by atoms with E-state index in [-0.39, 0.29) is 5.56 Å². The van der Waals surface area contributed by atoms with Gasteiger partial charge in [0.05, 0.1) is 7.11 Å². The minimum atomic E-state index is -0.00961. The van der Waals surface area contributed by atoms with Gasteiger partial charge in [0.1, 0.15) is 17.2 Å². The molecule has 0 amide bonds. The second-order valence-electron chi connectivity index (χ2n) is 6.78. The Morgan fingerprint density at radius 2 is 1.50 bits per heavy atom. The summed E-state index contributed by atoms with van der Waals surface area (Å²) in [6, 6.07) is 21.2. The lowest BCUT2D eigenvalue weighted by Crippen LogP contribution is -2.16. The van der Waals surface area contributed by atoms with Crippen molar-refractivity contribution < 1.29 is 9.47 Å². The van der Waals surface area contributed by atoms with Crippen LogP contribution in [0.2, 0.25) is 0 Å². The van der Waals surface area contributed by atoms with Crippen molar-refractivity contribution in [2.45, 2.75) is 6.92 Å². The Hall–Kier alpha value is -3.53. The van der Waals surface area contributed by atoms with E-state index < -0.39 is 0 Å². The van der Waals surface area contributed by atoms with Crippen LogP contribution in [0.25, 0.3) is 21.9 Å². The molecule has 140 valence electrons. The lowest BCUT2D eigenvalue weighted by atomic mass is 9.98. The zero-order valence-electron chi connectivity index (χ0n) is 16.1. The van der Waals surface area contributed by atoms with Crippen LogP contribution in [0.4, 0.5) is 0 Å². The molecule has 28 heavy (non-hydrogen) atoms. The number of ether oxygens (including phenoxy) is 2. The molecule has 0 saturated heterocycles. The number of benzene rings is 3. The van der Waals surface area contributed by atoms with Gasteiger partial charge in [-0.3, -0.25) is 4.79 Å². The quantitative estimate of drug-likeness (QED) is 0.488. The average molecular weight is 371 g/mol. The van der Waals surface area contributed by atoms with Crippen molar-refractivity contribution in [3.63, 3.8) is 0 Å². The van der Waals surface area contributed by atoms with Gasteiger partial charge in [-0.25, -0.2) is 0 Å². The molecule has 0 aliphatic heterocycles. The molecule has 4 nitrogen and oxygen atoms in total. The number of pyridine rings is 1. The maximum absolute atomic E-state index is 12.5. The topological polar surface area (TPSA) is 40.5 Å². The van der Waals surface area contributed by atoms with Gasteiger partial charge in [-0.2, -0.15) is 0 Å². The molecule has 0 bridgehead atoms. The SMILES string of the molecule is COc1ccc(Oc2ccc(C)cc2-c2cn(C)c(=O)c3ccccc23)cc1. The van der Waals surface area contributed by atoms with E-state index in [1.54, 1.807) is 18.7 Å². The number of aromatic nitrogens is 1. The summed E-state index contributed by atoms with van der Waals surface area (Å²) in [5.74, 6) is 2.24. The van der Waals surface area contributed by atoms with Gasteiger partial charge in [0.2, 0.25) is 0 Å². The molecule has 0 fully saturated rings. The van der Waals surface area contributed by atoms with E-state index in [9.17, 15) is 4.79 Å². The normalized spacial score (nSPS) is 10.8. The third-order valence-corrected chi connectivity index (χ3v) is 4.80. The molecular formula is C24H21NO3. The van der Waals surface area contributed by atoms with Gasteiger partial charge in [0, 0.05) is 29.8 Å². The van der Waals surface area contributed by atoms with Crippen LogP contribution < -0.4 is 15.0 Å². The molecule has 1 aromatic heterocycles. The number of nitrogens with zero attached hydrogens (tertiary/aromatic N) is 1. The molecule has 0 unspecified atom stereocenters. The molecule has 0 aliphatic rings. The Bertz CT molecular complexity index is 1210. The Kier molecular flexibility index (Phi) is 4.62. The van der Waals surface area contributed by atoms with Crippen LogP contribution >= 0.6 is 0 Å². The van der Waals surface area contributed by atoms with Crippen LogP contribution in [-0.2, 0) is 7.05 Å². The standard InChI is InChI=1S/C24H21NO3/c1-16-8-13-23(28-18-11-9-17(27-3)10-12-18)21(14-16)22-15-25(2)24(26)20-7-5-4-6-19(20)22/h4-15H,1-3H3. The molecule has 0 atom stereocenters. The summed E-state index contributed by atoms with van der Waals surface area (Å²) in [6.45, 7) is 2.05. The first-order valence-corrected chi connectivity index (χ1v) is 9.08. The van der Waals surface area contributed by atoms with E-state index in [0.717, 1.165) is 39.3 Å². The molecule has 0 N–H and O–H groups in total. The van der Waals surface area contributed by atoms with Crippen molar-refractivity contribution in [1.82, 2.24) is 4.57 Å². The number of hydrogen-bond acceptors (Lipinski definition) is 3. The summed E-state index contributed by atoms with van der Waals surface area (Å²) in [5, 5.41) is 1.61. The minimum Gasteiger partial charge on any atom is -0.497 e. The molecule has 0 saturated carbocycles. The molecule has 3 aromatic carbocycles. The van der Waals surface area contributed by atoms with Crippen molar-refractivity contribution in [1.29, 1.82) is 0 Å². The van der Waals surface area contributed by atoms with E-state index in [1.807, 2.05) is 73.8 Å². The molecule has 4 heteroatoms. The van der Waals surface area contributed by atoms with Crippen LogP contribution in [0.15, 0.2) is 77.7 Å². The van der Waals surface area contributed by atoms with Gasteiger partial charge in [0.25, 0.3) is 5.56 Å². The summed E-state index contributed by atoms with van der Waals surface area (Å²) in [7, 11) is 3.41. The van der Waals surface area contributed by atoms with Gasteiger partial charge in [-0.15, -0.1) is 0 Å². The fourth-order valence-electron chi connectivity index (χ4n) is 3.34. The molecule has 4 aromatic rings. The van der Waals surface area contributed by atoms with Gasteiger partial charge in [-0.1, -0.05) is 29.8 Å². The average Bonchev–Trinajstić information content (AvgIpc) is 2.72. The molecule has 4 rings (SSSR count). The van der Waals surface area contributed by atoms with Crippen molar-refractivity contribution >= 4 is 10.8 Å². The minimum absolute atomic E-state index is 0.00961.